The summed E-state index contributed by atoms with van der Waals surface area (Å²) in [4.78, 5) is 0. The van der Waals surface area contributed by atoms with Crippen molar-refractivity contribution >= 4 is 0 Å². The summed E-state index contributed by atoms with van der Waals surface area (Å²) in [6.45, 7) is 5.69. The van der Waals surface area contributed by atoms with Crippen molar-refractivity contribution in [3.05, 3.63) is 29.8 Å². The van der Waals surface area contributed by atoms with Crippen LogP contribution < -0.4 is 10.1 Å². The molecule has 1 aromatic carbocycles. The molecule has 0 spiro atoms. The third-order valence-corrected chi connectivity index (χ3v) is 3.79. The van der Waals surface area contributed by atoms with E-state index in [0.717, 1.165) is 12.3 Å². The second kappa shape index (κ2) is 6.08. The lowest BCUT2D eigenvalue weighted by molar-refractivity contribution is 0.363. The molecule has 1 unspecified atom stereocenters. The quantitative estimate of drug-likeness (QED) is 0.881. The molecule has 1 aliphatic carbocycles. The predicted octanol–water partition coefficient (Wildman–Crippen LogP) is 3.26. The van der Waals surface area contributed by atoms with Gasteiger partial charge in [-0.3, -0.25) is 0 Å². The molecule has 0 aliphatic heterocycles. The normalized spacial score (nSPS) is 21.0. The molecule has 1 aromatic rings. The lowest BCUT2D eigenvalue weighted by Crippen LogP contribution is -2.26. The summed E-state index contributed by atoms with van der Waals surface area (Å²) in [5.74, 6) is 0.757. The average molecular weight is 258 g/mol. The van der Waals surface area contributed by atoms with Gasteiger partial charge in [0.1, 0.15) is 11.8 Å². The Kier molecular flexibility index (Phi) is 4.44. The van der Waals surface area contributed by atoms with E-state index in [1.807, 2.05) is 18.2 Å². The molecule has 0 saturated heterocycles. The third-order valence-electron chi connectivity index (χ3n) is 3.79. The maximum Gasteiger partial charge on any atom is 0.174 e. The Hall–Kier alpha value is -1.53. The van der Waals surface area contributed by atoms with Crippen LogP contribution in [0.15, 0.2) is 24.3 Å². The van der Waals surface area contributed by atoms with Crippen LogP contribution in [0, 0.1) is 16.7 Å². The van der Waals surface area contributed by atoms with Gasteiger partial charge in [0.15, 0.2) is 6.61 Å². The van der Waals surface area contributed by atoms with E-state index in [-0.39, 0.29) is 6.61 Å². The van der Waals surface area contributed by atoms with Crippen molar-refractivity contribution in [1.82, 2.24) is 5.32 Å². The second-order valence-electron chi connectivity index (χ2n) is 6.08. The highest BCUT2D eigenvalue weighted by Gasteiger charge is 2.30. The maximum atomic E-state index is 8.44. The Balaban J connectivity index is 1.79. The molecule has 102 valence electrons. The smallest absolute Gasteiger partial charge is 0.174 e. The van der Waals surface area contributed by atoms with Crippen molar-refractivity contribution in [3.8, 4) is 11.8 Å². The van der Waals surface area contributed by atoms with Gasteiger partial charge in [-0.2, -0.15) is 5.26 Å². The van der Waals surface area contributed by atoms with Crippen LogP contribution in [0.2, 0.25) is 0 Å². The minimum atomic E-state index is 0.106. The monoisotopic (exact) mass is 258 g/mol. The van der Waals surface area contributed by atoms with Crippen LogP contribution in [0.5, 0.6) is 5.75 Å². The number of hydrogen-bond acceptors (Lipinski definition) is 3. The van der Waals surface area contributed by atoms with E-state index in [0.29, 0.717) is 11.5 Å². The van der Waals surface area contributed by atoms with Crippen LogP contribution >= 0.6 is 0 Å². The highest BCUT2D eigenvalue weighted by atomic mass is 16.5. The summed E-state index contributed by atoms with van der Waals surface area (Å²) in [7, 11) is 0. The molecule has 1 aliphatic rings. The summed E-state index contributed by atoms with van der Waals surface area (Å²) in [5, 5.41) is 12.1. The largest absolute Gasteiger partial charge is 0.479 e. The highest BCUT2D eigenvalue weighted by molar-refractivity contribution is 5.27. The summed E-state index contributed by atoms with van der Waals surface area (Å²) in [5.41, 5.74) is 1.75. The average Bonchev–Trinajstić information content (AvgIpc) is 2.75. The van der Waals surface area contributed by atoms with Gasteiger partial charge in [0.2, 0.25) is 0 Å². The van der Waals surface area contributed by atoms with Crippen LogP contribution in [0.4, 0.5) is 0 Å². The van der Waals surface area contributed by atoms with Gasteiger partial charge < -0.3 is 10.1 Å². The van der Waals surface area contributed by atoms with Crippen LogP contribution in [-0.4, -0.2) is 12.6 Å². The molecule has 1 atom stereocenters. The molecule has 0 heterocycles. The number of nitrogens with zero attached hydrogens (tertiary/aromatic N) is 1. The van der Waals surface area contributed by atoms with Crippen molar-refractivity contribution in [1.29, 1.82) is 5.26 Å². The first-order chi connectivity index (χ1) is 9.09. The Bertz CT molecular complexity index is 445. The molecule has 1 fully saturated rings. The van der Waals surface area contributed by atoms with Crippen LogP contribution in [0.1, 0.15) is 38.7 Å². The Labute approximate surface area is 115 Å². The first-order valence-electron chi connectivity index (χ1n) is 6.91. The van der Waals surface area contributed by atoms with Crippen LogP contribution in [-0.2, 0) is 6.54 Å². The first-order valence-corrected chi connectivity index (χ1v) is 6.91. The summed E-state index contributed by atoms with van der Waals surface area (Å²) in [6, 6.07) is 10.6. The standard InChI is InChI=1S/C16H22N2O/c1-16(2)8-7-14(11-16)18-12-13-3-5-15(6-4-13)19-10-9-17/h3-6,14,18H,7-8,10-12H2,1-2H3. The van der Waals surface area contributed by atoms with Crippen molar-refractivity contribution < 1.29 is 4.74 Å². The van der Waals surface area contributed by atoms with E-state index in [1.165, 1.54) is 24.8 Å². The van der Waals surface area contributed by atoms with Gasteiger partial charge in [-0.15, -0.1) is 0 Å². The van der Waals surface area contributed by atoms with Gasteiger partial charge in [-0.1, -0.05) is 26.0 Å². The van der Waals surface area contributed by atoms with E-state index in [1.54, 1.807) is 0 Å². The van der Waals surface area contributed by atoms with E-state index >= 15 is 0 Å². The van der Waals surface area contributed by atoms with Gasteiger partial charge in [0.05, 0.1) is 0 Å². The molecule has 19 heavy (non-hydrogen) atoms. The molecule has 3 heteroatoms. The minimum Gasteiger partial charge on any atom is -0.479 e. The molecular weight excluding hydrogens is 236 g/mol. The molecular formula is C16H22N2O. The molecule has 0 bridgehead atoms. The van der Waals surface area contributed by atoms with Gasteiger partial charge in [0, 0.05) is 12.6 Å². The number of hydrogen-bond donors (Lipinski definition) is 1. The Morgan fingerprint density at radius 1 is 1.37 bits per heavy atom. The topological polar surface area (TPSA) is 45.0 Å². The number of nitrogens with one attached hydrogen (secondary N) is 1. The lowest BCUT2D eigenvalue weighted by Gasteiger charge is -2.18. The zero-order valence-electron chi connectivity index (χ0n) is 11.8. The number of ether oxygens (including phenoxy) is 1. The molecule has 0 radical (unpaired) electrons. The number of nitriles is 1. The predicted molar refractivity (Wildman–Crippen MR) is 75.8 cm³/mol. The summed E-state index contributed by atoms with van der Waals surface area (Å²) in [6.07, 6.45) is 3.85. The summed E-state index contributed by atoms with van der Waals surface area (Å²) >= 11 is 0. The van der Waals surface area contributed by atoms with E-state index in [9.17, 15) is 0 Å². The SMILES string of the molecule is CC1(C)CCC(NCc2ccc(OCC#N)cc2)C1. The van der Waals surface area contributed by atoms with Crippen molar-refractivity contribution in [2.75, 3.05) is 6.61 Å². The zero-order chi connectivity index (χ0) is 13.7. The van der Waals surface area contributed by atoms with Crippen LogP contribution in [0.25, 0.3) is 0 Å². The number of rotatable bonds is 5. The molecule has 0 aromatic heterocycles. The van der Waals surface area contributed by atoms with E-state index in [2.05, 4.69) is 31.3 Å². The van der Waals surface area contributed by atoms with Crippen molar-refractivity contribution in [2.45, 2.75) is 45.7 Å². The number of benzene rings is 1. The Morgan fingerprint density at radius 2 is 2.11 bits per heavy atom. The zero-order valence-corrected chi connectivity index (χ0v) is 11.8. The third kappa shape index (κ3) is 4.25. The van der Waals surface area contributed by atoms with Gasteiger partial charge >= 0.3 is 0 Å². The van der Waals surface area contributed by atoms with Gasteiger partial charge in [-0.05, 0) is 42.4 Å². The molecule has 1 N–H and O–H groups in total. The molecule has 3 nitrogen and oxygen atoms in total. The van der Waals surface area contributed by atoms with Crippen molar-refractivity contribution in [2.24, 2.45) is 5.41 Å². The van der Waals surface area contributed by atoms with Crippen molar-refractivity contribution in [3.63, 3.8) is 0 Å². The molecule has 1 saturated carbocycles. The molecule has 0 amide bonds. The highest BCUT2D eigenvalue weighted by Crippen LogP contribution is 2.36. The fourth-order valence-corrected chi connectivity index (χ4v) is 2.69. The lowest BCUT2D eigenvalue weighted by atomic mass is 9.92. The second-order valence-corrected chi connectivity index (χ2v) is 6.08. The van der Waals surface area contributed by atoms with E-state index < -0.39 is 0 Å². The molecule has 2 rings (SSSR count). The first kappa shape index (κ1) is 13.9. The van der Waals surface area contributed by atoms with E-state index in [4.69, 9.17) is 10.00 Å². The van der Waals surface area contributed by atoms with Gasteiger partial charge in [-0.25, -0.2) is 0 Å². The minimum absolute atomic E-state index is 0.106. The fourth-order valence-electron chi connectivity index (χ4n) is 2.69. The summed E-state index contributed by atoms with van der Waals surface area (Å²) < 4.78 is 5.23. The fraction of sp³-hybridized carbons (Fsp3) is 0.562. The Morgan fingerprint density at radius 3 is 2.68 bits per heavy atom. The van der Waals surface area contributed by atoms with Gasteiger partial charge in [0.25, 0.3) is 0 Å². The van der Waals surface area contributed by atoms with Crippen LogP contribution in [0.3, 0.4) is 0 Å². The maximum absolute atomic E-state index is 8.44.